The molecule has 2 heteroatoms. The minimum Gasteiger partial charge on any atom is -0.285 e. The van der Waals surface area contributed by atoms with E-state index in [0.29, 0.717) is 0 Å². The molecule has 0 aliphatic carbocycles. The smallest absolute Gasteiger partial charge is 0.0727 e. The standard InChI is InChI=1S/C17H15NS/c1-13(18-11-14-9-10-19-12-14)16-8-4-6-15-5-2-3-7-17(15)16/h2-13H,1H3/t13-/m1/s1. The van der Waals surface area contributed by atoms with Crippen LogP contribution in [0.4, 0.5) is 0 Å². The maximum Gasteiger partial charge on any atom is 0.0727 e. The lowest BCUT2D eigenvalue weighted by Gasteiger charge is -2.10. The fraction of sp³-hybridized carbons (Fsp3) is 0.118. The van der Waals surface area contributed by atoms with Crippen LogP contribution in [0.15, 0.2) is 64.3 Å². The first-order valence-electron chi connectivity index (χ1n) is 6.37. The van der Waals surface area contributed by atoms with Crippen LogP contribution < -0.4 is 0 Å². The molecule has 0 unspecified atom stereocenters. The molecule has 0 N–H and O–H groups in total. The fourth-order valence-corrected chi connectivity index (χ4v) is 2.85. The second-order valence-electron chi connectivity index (χ2n) is 4.58. The zero-order valence-electron chi connectivity index (χ0n) is 10.8. The summed E-state index contributed by atoms with van der Waals surface area (Å²) in [6.07, 6.45) is 1.96. The van der Waals surface area contributed by atoms with E-state index >= 15 is 0 Å². The Morgan fingerprint density at radius 2 is 1.89 bits per heavy atom. The molecule has 19 heavy (non-hydrogen) atoms. The number of fused-ring (bicyclic) bond motifs is 1. The summed E-state index contributed by atoms with van der Waals surface area (Å²) in [7, 11) is 0. The molecule has 0 radical (unpaired) electrons. The van der Waals surface area contributed by atoms with Crippen molar-refractivity contribution in [2.24, 2.45) is 4.99 Å². The van der Waals surface area contributed by atoms with Crippen LogP contribution in [0.3, 0.4) is 0 Å². The van der Waals surface area contributed by atoms with E-state index in [1.807, 2.05) is 6.21 Å². The fourth-order valence-electron chi connectivity index (χ4n) is 2.24. The number of aliphatic imine (C=N–C) groups is 1. The number of benzene rings is 2. The van der Waals surface area contributed by atoms with E-state index in [4.69, 9.17) is 0 Å². The van der Waals surface area contributed by atoms with Gasteiger partial charge in [-0.2, -0.15) is 11.3 Å². The van der Waals surface area contributed by atoms with Crippen molar-refractivity contribution < 1.29 is 0 Å². The Morgan fingerprint density at radius 1 is 1.05 bits per heavy atom. The molecule has 0 bridgehead atoms. The second kappa shape index (κ2) is 5.37. The predicted molar refractivity (Wildman–Crippen MR) is 84.3 cm³/mol. The van der Waals surface area contributed by atoms with Crippen molar-refractivity contribution in [1.82, 2.24) is 0 Å². The van der Waals surface area contributed by atoms with Gasteiger partial charge in [-0.15, -0.1) is 0 Å². The van der Waals surface area contributed by atoms with Crippen LogP contribution in [-0.4, -0.2) is 6.21 Å². The van der Waals surface area contributed by atoms with Crippen molar-refractivity contribution >= 4 is 28.3 Å². The van der Waals surface area contributed by atoms with Crippen molar-refractivity contribution in [3.8, 4) is 0 Å². The normalized spacial score (nSPS) is 13.1. The highest BCUT2D eigenvalue weighted by molar-refractivity contribution is 7.08. The van der Waals surface area contributed by atoms with Gasteiger partial charge in [-0.3, -0.25) is 4.99 Å². The average molecular weight is 265 g/mol. The van der Waals surface area contributed by atoms with Gasteiger partial charge in [0.15, 0.2) is 0 Å². The van der Waals surface area contributed by atoms with Crippen LogP contribution in [0.25, 0.3) is 10.8 Å². The SMILES string of the molecule is C[C@@H](N=Cc1ccsc1)c1cccc2ccccc12. The summed E-state index contributed by atoms with van der Waals surface area (Å²) in [6, 6.07) is 17.2. The van der Waals surface area contributed by atoms with Crippen molar-refractivity contribution in [3.63, 3.8) is 0 Å². The molecule has 1 heterocycles. The topological polar surface area (TPSA) is 12.4 Å². The number of hydrogen-bond donors (Lipinski definition) is 0. The van der Waals surface area contributed by atoms with Gasteiger partial charge in [0.05, 0.1) is 6.04 Å². The zero-order valence-corrected chi connectivity index (χ0v) is 11.6. The molecule has 1 atom stereocenters. The molecule has 0 fully saturated rings. The summed E-state index contributed by atoms with van der Waals surface area (Å²) in [6.45, 7) is 2.14. The van der Waals surface area contributed by atoms with Gasteiger partial charge in [0.1, 0.15) is 0 Å². The summed E-state index contributed by atoms with van der Waals surface area (Å²) in [4.78, 5) is 4.67. The van der Waals surface area contributed by atoms with Crippen molar-refractivity contribution in [2.45, 2.75) is 13.0 Å². The monoisotopic (exact) mass is 265 g/mol. The molecule has 0 amide bonds. The summed E-state index contributed by atoms with van der Waals surface area (Å²) in [5.74, 6) is 0. The molecule has 1 nitrogen and oxygen atoms in total. The summed E-state index contributed by atoms with van der Waals surface area (Å²) in [5.41, 5.74) is 2.46. The lowest BCUT2D eigenvalue weighted by atomic mass is 10.00. The molecule has 3 rings (SSSR count). The van der Waals surface area contributed by atoms with Gasteiger partial charge < -0.3 is 0 Å². The van der Waals surface area contributed by atoms with Crippen LogP contribution in [0.1, 0.15) is 24.1 Å². The average Bonchev–Trinajstić information content (AvgIpc) is 2.97. The third-order valence-electron chi connectivity index (χ3n) is 3.26. The Balaban J connectivity index is 1.95. The predicted octanol–water partition coefficient (Wildman–Crippen LogP) is 5.08. The van der Waals surface area contributed by atoms with Crippen LogP contribution in [0.5, 0.6) is 0 Å². The van der Waals surface area contributed by atoms with Crippen molar-refractivity contribution in [3.05, 3.63) is 70.4 Å². The minimum absolute atomic E-state index is 0.172. The molecule has 3 aromatic rings. The third-order valence-corrected chi connectivity index (χ3v) is 3.97. The Labute approximate surface area is 117 Å². The van der Waals surface area contributed by atoms with Gasteiger partial charge >= 0.3 is 0 Å². The Kier molecular flexibility index (Phi) is 3.43. The summed E-state index contributed by atoms with van der Waals surface area (Å²) in [5, 5.41) is 6.75. The Hall–Kier alpha value is -1.93. The van der Waals surface area contributed by atoms with Gasteiger partial charge in [0, 0.05) is 11.8 Å². The lowest BCUT2D eigenvalue weighted by molar-refractivity contribution is 0.834. The second-order valence-corrected chi connectivity index (χ2v) is 5.36. The maximum atomic E-state index is 4.67. The molecule has 0 spiro atoms. The number of thiophene rings is 1. The third kappa shape index (κ3) is 2.59. The number of rotatable bonds is 3. The van der Waals surface area contributed by atoms with E-state index < -0.39 is 0 Å². The van der Waals surface area contributed by atoms with Gasteiger partial charge in [-0.25, -0.2) is 0 Å². The van der Waals surface area contributed by atoms with Gasteiger partial charge in [-0.1, -0.05) is 42.5 Å². The molecule has 0 saturated carbocycles. The molecule has 0 saturated heterocycles. The molecular formula is C17H15NS. The quantitative estimate of drug-likeness (QED) is 0.585. The van der Waals surface area contributed by atoms with Crippen LogP contribution >= 0.6 is 11.3 Å². The van der Waals surface area contributed by atoms with E-state index in [0.717, 1.165) is 0 Å². The largest absolute Gasteiger partial charge is 0.285 e. The summed E-state index contributed by atoms with van der Waals surface area (Å²) < 4.78 is 0. The van der Waals surface area contributed by atoms with Crippen LogP contribution in [0, 0.1) is 0 Å². The van der Waals surface area contributed by atoms with E-state index in [2.05, 4.69) is 71.2 Å². The summed E-state index contributed by atoms with van der Waals surface area (Å²) >= 11 is 1.70. The molecule has 0 aliphatic heterocycles. The molecular weight excluding hydrogens is 250 g/mol. The first kappa shape index (κ1) is 12.1. The molecule has 1 aromatic heterocycles. The zero-order chi connectivity index (χ0) is 13.1. The van der Waals surface area contributed by atoms with Crippen molar-refractivity contribution in [1.29, 1.82) is 0 Å². The minimum atomic E-state index is 0.172. The first-order chi connectivity index (χ1) is 9.34. The van der Waals surface area contributed by atoms with E-state index in [1.54, 1.807) is 11.3 Å². The highest BCUT2D eigenvalue weighted by Crippen LogP contribution is 2.26. The van der Waals surface area contributed by atoms with Gasteiger partial charge in [-0.05, 0) is 40.1 Å². The van der Waals surface area contributed by atoms with E-state index in [9.17, 15) is 0 Å². The number of nitrogens with zero attached hydrogens (tertiary/aromatic N) is 1. The number of hydrogen-bond acceptors (Lipinski definition) is 2. The highest BCUT2D eigenvalue weighted by atomic mass is 32.1. The van der Waals surface area contributed by atoms with E-state index in [-0.39, 0.29) is 6.04 Å². The molecule has 94 valence electrons. The first-order valence-corrected chi connectivity index (χ1v) is 7.32. The highest BCUT2D eigenvalue weighted by Gasteiger charge is 2.06. The lowest BCUT2D eigenvalue weighted by Crippen LogP contribution is -1.92. The molecule has 0 aliphatic rings. The van der Waals surface area contributed by atoms with Crippen LogP contribution in [0.2, 0.25) is 0 Å². The molecule has 2 aromatic carbocycles. The Bertz CT molecular complexity index is 693. The van der Waals surface area contributed by atoms with Crippen molar-refractivity contribution in [2.75, 3.05) is 0 Å². The maximum absolute atomic E-state index is 4.67. The van der Waals surface area contributed by atoms with Crippen LogP contribution in [-0.2, 0) is 0 Å². The van der Waals surface area contributed by atoms with E-state index in [1.165, 1.54) is 21.9 Å². The van der Waals surface area contributed by atoms with Gasteiger partial charge in [0.25, 0.3) is 0 Å². The Morgan fingerprint density at radius 3 is 2.74 bits per heavy atom. The van der Waals surface area contributed by atoms with Gasteiger partial charge in [0.2, 0.25) is 0 Å².